The van der Waals surface area contributed by atoms with Crippen LogP contribution in [-0.2, 0) is 25.6 Å². The first-order chi connectivity index (χ1) is 14.7. The van der Waals surface area contributed by atoms with Gasteiger partial charge in [0.05, 0.1) is 12.5 Å². The summed E-state index contributed by atoms with van der Waals surface area (Å²) in [5.41, 5.74) is 13.0. The number of fused-ring (bicyclic) bond motifs is 1. The summed E-state index contributed by atoms with van der Waals surface area (Å²) in [4.78, 5) is 51.0. The maximum atomic E-state index is 12.6. The molecule has 3 amide bonds. The van der Waals surface area contributed by atoms with Crippen LogP contribution in [-0.4, -0.2) is 63.9 Å². The van der Waals surface area contributed by atoms with Crippen molar-refractivity contribution in [1.82, 2.24) is 15.6 Å². The summed E-state index contributed by atoms with van der Waals surface area (Å²) >= 11 is 1.43. The number of carboxylic acid groups (broad SMARTS) is 1. The number of nitrogens with two attached hydrogens (primary N) is 2. The monoisotopic (exact) mass is 449 g/mol. The summed E-state index contributed by atoms with van der Waals surface area (Å²) in [5.74, 6) is -2.97. The van der Waals surface area contributed by atoms with E-state index in [2.05, 4.69) is 15.6 Å². The predicted molar refractivity (Wildman–Crippen MR) is 118 cm³/mol. The maximum absolute atomic E-state index is 12.6. The predicted octanol–water partition coefficient (Wildman–Crippen LogP) is -0.280. The molecule has 1 heterocycles. The Hall–Kier alpha value is -3.05. The number of aromatic nitrogens is 1. The number of hydrogen-bond donors (Lipinski definition) is 6. The van der Waals surface area contributed by atoms with Gasteiger partial charge in [0, 0.05) is 17.1 Å². The molecule has 0 aliphatic carbocycles. The molecule has 0 radical (unpaired) electrons. The normalized spacial score (nSPS) is 13.9. The van der Waals surface area contributed by atoms with Crippen LogP contribution < -0.4 is 22.1 Å². The molecule has 0 saturated carbocycles. The van der Waals surface area contributed by atoms with E-state index in [0.717, 1.165) is 16.5 Å². The number of benzene rings is 1. The van der Waals surface area contributed by atoms with Crippen molar-refractivity contribution in [3.63, 3.8) is 0 Å². The van der Waals surface area contributed by atoms with Crippen LogP contribution in [0.4, 0.5) is 0 Å². The van der Waals surface area contributed by atoms with Gasteiger partial charge in [0.25, 0.3) is 0 Å². The first kappa shape index (κ1) is 24.2. The van der Waals surface area contributed by atoms with Gasteiger partial charge in [-0.15, -0.1) is 0 Å². The molecular formula is C20H27N5O5S. The molecule has 8 N–H and O–H groups in total. The van der Waals surface area contributed by atoms with Crippen LogP contribution in [0.3, 0.4) is 0 Å². The number of para-hydroxylation sites is 1. The molecule has 3 atom stereocenters. The van der Waals surface area contributed by atoms with Crippen LogP contribution in [0.15, 0.2) is 30.5 Å². The standard InChI is InChI=1S/C20H27N5O5S/c1-31-7-6-15(20(29)30)24-19(28)16(9-17(22)26)25-18(27)13(21)8-11-10-23-14-5-3-2-4-12(11)14/h2-5,10,13,15-16,23H,6-9,21H2,1H3,(H2,22,26)(H,24,28)(H,25,27)(H,29,30). The lowest BCUT2D eigenvalue weighted by atomic mass is 10.0. The van der Waals surface area contributed by atoms with Crippen molar-refractivity contribution >= 4 is 46.4 Å². The second kappa shape index (κ2) is 11.4. The molecule has 0 fully saturated rings. The molecule has 3 unspecified atom stereocenters. The fraction of sp³-hybridized carbons (Fsp3) is 0.400. The highest BCUT2D eigenvalue weighted by Crippen LogP contribution is 2.18. The number of carbonyl (C=O) groups is 4. The van der Waals surface area contributed by atoms with Crippen molar-refractivity contribution in [2.75, 3.05) is 12.0 Å². The molecule has 0 aliphatic heterocycles. The number of nitrogens with one attached hydrogen (secondary N) is 3. The van der Waals surface area contributed by atoms with Crippen molar-refractivity contribution < 1.29 is 24.3 Å². The summed E-state index contributed by atoms with van der Waals surface area (Å²) in [6.07, 6.45) is 3.48. The van der Waals surface area contributed by atoms with Crippen molar-refractivity contribution in [1.29, 1.82) is 0 Å². The largest absolute Gasteiger partial charge is 0.480 e. The number of primary amides is 1. The Balaban J connectivity index is 2.05. The molecule has 0 saturated heterocycles. The number of carboxylic acids is 1. The van der Waals surface area contributed by atoms with Crippen molar-refractivity contribution in [2.24, 2.45) is 11.5 Å². The van der Waals surface area contributed by atoms with Gasteiger partial charge in [-0.1, -0.05) is 18.2 Å². The highest BCUT2D eigenvalue weighted by atomic mass is 32.2. The Labute approximate surface area is 183 Å². The van der Waals surface area contributed by atoms with Crippen molar-refractivity contribution in [3.8, 4) is 0 Å². The lowest BCUT2D eigenvalue weighted by molar-refractivity contribution is -0.142. The van der Waals surface area contributed by atoms with Gasteiger partial charge in [0.2, 0.25) is 17.7 Å². The molecule has 0 bridgehead atoms. The van der Waals surface area contributed by atoms with E-state index in [1.807, 2.05) is 30.5 Å². The van der Waals surface area contributed by atoms with E-state index in [1.54, 1.807) is 6.20 Å². The topological polar surface area (TPSA) is 180 Å². The quantitative estimate of drug-likeness (QED) is 0.258. The Morgan fingerprint density at radius 1 is 1.13 bits per heavy atom. The maximum Gasteiger partial charge on any atom is 0.326 e. The number of aliphatic carboxylic acids is 1. The van der Waals surface area contributed by atoms with Crippen LogP contribution in [0.1, 0.15) is 18.4 Å². The van der Waals surface area contributed by atoms with E-state index < -0.39 is 48.2 Å². The molecule has 2 rings (SSSR count). The average molecular weight is 450 g/mol. The van der Waals surface area contributed by atoms with Crippen LogP contribution in [0.25, 0.3) is 10.9 Å². The van der Waals surface area contributed by atoms with Crippen LogP contribution in [0, 0.1) is 0 Å². The first-order valence-electron chi connectivity index (χ1n) is 9.64. The van der Waals surface area contributed by atoms with Gasteiger partial charge in [0.15, 0.2) is 0 Å². The van der Waals surface area contributed by atoms with Gasteiger partial charge in [-0.25, -0.2) is 4.79 Å². The molecule has 168 valence electrons. The minimum atomic E-state index is -1.32. The number of H-pyrrole nitrogens is 1. The molecule has 1 aromatic heterocycles. The number of hydrogen-bond acceptors (Lipinski definition) is 6. The lowest BCUT2D eigenvalue weighted by Gasteiger charge is -2.22. The van der Waals surface area contributed by atoms with Gasteiger partial charge >= 0.3 is 5.97 Å². The van der Waals surface area contributed by atoms with Gasteiger partial charge in [-0.05, 0) is 36.5 Å². The minimum absolute atomic E-state index is 0.194. The zero-order chi connectivity index (χ0) is 23.0. The van der Waals surface area contributed by atoms with E-state index in [4.69, 9.17) is 11.5 Å². The van der Waals surface area contributed by atoms with E-state index in [1.165, 1.54) is 11.8 Å². The molecule has 10 nitrogen and oxygen atoms in total. The number of aromatic amines is 1. The highest BCUT2D eigenvalue weighted by Gasteiger charge is 2.29. The molecule has 11 heteroatoms. The highest BCUT2D eigenvalue weighted by molar-refractivity contribution is 7.98. The second-order valence-corrected chi connectivity index (χ2v) is 8.07. The molecule has 0 aliphatic rings. The number of thioether (sulfide) groups is 1. The number of carbonyl (C=O) groups excluding carboxylic acids is 3. The number of amides is 3. The Kier molecular flexibility index (Phi) is 8.88. The van der Waals surface area contributed by atoms with E-state index in [-0.39, 0.29) is 12.8 Å². The number of rotatable bonds is 12. The smallest absolute Gasteiger partial charge is 0.326 e. The van der Waals surface area contributed by atoms with E-state index in [0.29, 0.717) is 5.75 Å². The van der Waals surface area contributed by atoms with Gasteiger partial charge in [-0.3, -0.25) is 14.4 Å². The summed E-state index contributed by atoms with van der Waals surface area (Å²) < 4.78 is 0. The van der Waals surface area contributed by atoms with E-state index >= 15 is 0 Å². The fourth-order valence-electron chi connectivity index (χ4n) is 3.08. The summed E-state index contributed by atoms with van der Waals surface area (Å²) in [6, 6.07) is 4.08. The molecule has 1 aromatic carbocycles. The summed E-state index contributed by atoms with van der Waals surface area (Å²) in [6.45, 7) is 0. The van der Waals surface area contributed by atoms with Gasteiger partial charge < -0.3 is 32.2 Å². The fourth-order valence-corrected chi connectivity index (χ4v) is 3.56. The Morgan fingerprint density at radius 3 is 2.45 bits per heavy atom. The Morgan fingerprint density at radius 2 is 1.81 bits per heavy atom. The van der Waals surface area contributed by atoms with Crippen molar-refractivity contribution in [2.45, 2.75) is 37.4 Å². The average Bonchev–Trinajstić information content (AvgIpc) is 3.12. The van der Waals surface area contributed by atoms with Crippen LogP contribution >= 0.6 is 11.8 Å². The lowest BCUT2D eigenvalue weighted by Crippen LogP contribution is -2.55. The van der Waals surface area contributed by atoms with Gasteiger partial charge in [0.1, 0.15) is 12.1 Å². The third-order valence-corrected chi connectivity index (χ3v) is 5.36. The second-order valence-electron chi connectivity index (χ2n) is 7.08. The van der Waals surface area contributed by atoms with Crippen LogP contribution in [0.2, 0.25) is 0 Å². The third-order valence-electron chi connectivity index (χ3n) is 4.72. The molecular weight excluding hydrogens is 422 g/mol. The first-order valence-corrected chi connectivity index (χ1v) is 11.0. The van der Waals surface area contributed by atoms with Crippen molar-refractivity contribution in [3.05, 3.63) is 36.0 Å². The summed E-state index contributed by atoms with van der Waals surface area (Å²) in [5, 5.41) is 15.0. The van der Waals surface area contributed by atoms with Gasteiger partial charge in [-0.2, -0.15) is 11.8 Å². The van der Waals surface area contributed by atoms with E-state index in [9.17, 15) is 24.3 Å². The zero-order valence-corrected chi connectivity index (χ0v) is 17.9. The van der Waals surface area contributed by atoms with Crippen LogP contribution in [0.5, 0.6) is 0 Å². The molecule has 31 heavy (non-hydrogen) atoms. The minimum Gasteiger partial charge on any atom is -0.480 e. The molecule has 2 aromatic rings. The third kappa shape index (κ3) is 7.00. The SMILES string of the molecule is CSCCC(NC(=O)C(CC(N)=O)NC(=O)C(N)Cc1c[nH]c2ccccc12)C(=O)O. The Bertz CT molecular complexity index is 947. The molecule has 0 spiro atoms. The zero-order valence-electron chi connectivity index (χ0n) is 17.1. The summed E-state index contributed by atoms with van der Waals surface area (Å²) in [7, 11) is 0.